The Morgan fingerprint density at radius 2 is 2.29 bits per heavy atom. The van der Waals surface area contributed by atoms with E-state index in [0.29, 0.717) is 23.5 Å². The van der Waals surface area contributed by atoms with Crippen LogP contribution < -0.4 is 4.74 Å². The van der Waals surface area contributed by atoms with Gasteiger partial charge in [-0.1, -0.05) is 17.7 Å². The van der Waals surface area contributed by atoms with E-state index in [-0.39, 0.29) is 0 Å². The van der Waals surface area contributed by atoms with Crippen molar-refractivity contribution in [3.05, 3.63) is 28.8 Å². The Morgan fingerprint density at radius 1 is 1.57 bits per heavy atom. The summed E-state index contributed by atoms with van der Waals surface area (Å²) in [5.74, 6) is 0.618. The van der Waals surface area contributed by atoms with Gasteiger partial charge in [0.1, 0.15) is 12.0 Å². The molecular formula is C10H10Cl2O2. The van der Waals surface area contributed by atoms with Crippen LogP contribution in [-0.4, -0.2) is 18.8 Å². The van der Waals surface area contributed by atoms with Crippen molar-refractivity contribution in [1.29, 1.82) is 0 Å². The molecule has 0 amide bonds. The minimum atomic E-state index is -0.500. The van der Waals surface area contributed by atoms with Crippen LogP contribution in [0.2, 0.25) is 5.02 Å². The van der Waals surface area contributed by atoms with Gasteiger partial charge in [0.25, 0.3) is 0 Å². The van der Waals surface area contributed by atoms with Gasteiger partial charge in [-0.2, -0.15) is 0 Å². The van der Waals surface area contributed by atoms with Crippen LogP contribution in [-0.2, 0) is 11.2 Å². The summed E-state index contributed by atoms with van der Waals surface area (Å²) in [6.07, 6.45) is 1.19. The van der Waals surface area contributed by atoms with Crippen LogP contribution >= 0.6 is 23.2 Å². The first kappa shape index (κ1) is 11.3. The van der Waals surface area contributed by atoms with E-state index in [1.807, 2.05) is 6.07 Å². The fraction of sp³-hybridized carbons (Fsp3) is 0.300. The van der Waals surface area contributed by atoms with E-state index in [4.69, 9.17) is 27.9 Å². The van der Waals surface area contributed by atoms with Gasteiger partial charge in [-0.05, 0) is 24.1 Å². The molecule has 0 saturated carbocycles. The molecule has 0 saturated heterocycles. The van der Waals surface area contributed by atoms with Gasteiger partial charge in [-0.3, -0.25) is 0 Å². The zero-order valence-corrected chi connectivity index (χ0v) is 9.18. The fourth-order valence-corrected chi connectivity index (χ4v) is 1.57. The fourth-order valence-electron chi connectivity index (χ4n) is 1.11. The summed E-state index contributed by atoms with van der Waals surface area (Å²) >= 11 is 11.6. The summed E-state index contributed by atoms with van der Waals surface area (Å²) in [5, 5.41) is 0.0271. The summed E-state index contributed by atoms with van der Waals surface area (Å²) in [7, 11) is 1.55. The number of hydrogen-bond acceptors (Lipinski definition) is 2. The highest BCUT2D eigenvalue weighted by Crippen LogP contribution is 2.25. The Hall–Kier alpha value is -0.730. The lowest BCUT2D eigenvalue weighted by Gasteiger charge is -2.06. The molecule has 14 heavy (non-hydrogen) atoms. The molecule has 0 fully saturated rings. The summed E-state index contributed by atoms with van der Waals surface area (Å²) < 4.78 is 5.00. The standard InChI is InChI=1S/C10H10Cl2O2/c1-14-10-3-2-7(5-9(10)12)4-8(11)6-13/h2-3,5-6,8H,4H2,1H3. The Labute approximate surface area is 92.8 Å². The minimum absolute atomic E-state index is 0.481. The van der Waals surface area contributed by atoms with Crippen LogP contribution in [0.15, 0.2) is 18.2 Å². The van der Waals surface area contributed by atoms with Gasteiger partial charge in [-0.15, -0.1) is 11.6 Å². The normalized spacial score (nSPS) is 12.2. The lowest BCUT2D eigenvalue weighted by atomic mass is 10.1. The predicted octanol–water partition coefficient (Wildman–Crippen LogP) is 2.70. The highest BCUT2D eigenvalue weighted by atomic mass is 35.5. The molecule has 1 unspecified atom stereocenters. The Kier molecular flexibility index (Phi) is 4.23. The molecule has 0 aliphatic carbocycles. The number of carbonyl (C=O) groups excluding carboxylic acids is 1. The van der Waals surface area contributed by atoms with Gasteiger partial charge in [0.15, 0.2) is 0 Å². The predicted molar refractivity (Wildman–Crippen MR) is 57.4 cm³/mol. The zero-order chi connectivity index (χ0) is 10.6. The van der Waals surface area contributed by atoms with Gasteiger partial charge >= 0.3 is 0 Å². The minimum Gasteiger partial charge on any atom is -0.495 e. The van der Waals surface area contributed by atoms with Crippen molar-refractivity contribution in [3.8, 4) is 5.75 Å². The van der Waals surface area contributed by atoms with Crippen molar-refractivity contribution < 1.29 is 9.53 Å². The largest absolute Gasteiger partial charge is 0.495 e. The van der Waals surface area contributed by atoms with Crippen molar-refractivity contribution >= 4 is 29.5 Å². The Bertz CT molecular complexity index is 326. The van der Waals surface area contributed by atoms with Crippen LogP contribution in [0.1, 0.15) is 5.56 Å². The molecule has 0 bridgehead atoms. The molecule has 1 aromatic carbocycles. The molecule has 0 aromatic heterocycles. The number of methoxy groups -OCH3 is 1. The highest BCUT2D eigenvalue weighted by Gasteiger charge is 2.06. The number of carbonyl (C=O) groups is 1. The second-order valence-electron chi connectivity index (χ2n) is 2.83. The number of halogens is 2. The molecule has 1 atom stereocenters. The van der Waals surface area contributed by atoms with Crippen LogP contribution in [0.5, 0.6) is 5.75 Å². The summed E-state index contributed by atoms with van der Waals surface area (Å²) in [6, 6.07) is 5.34. The second-order valence-corrected chi connectivity index (χ2v) is 3.79. The van der Waals surface area contributed by atoms with Crippen molar-refractivity contribution in [2.75, 3.05) is 7.11 Å². The molecule has 0 radical (unpaired) electrons. The second kappa shape index (κ2) is 5.23. The monoisotopic (exact) mass is 232 g/mol. The number of ether oxygens (including phenoxy) is 1. The first-order valence-electron chi connectivity index (χ1n) is 4.09. The van der Waals surface area contributed by atoms with Gasteiger partial charge in [0, 0.05) is 0 Å². The quantitative estimate of drug-likeness (QED) is 0.590. The van der Waals surface area contributed by atoms with Crippen molar-refractivity contribution in [2.45, 2.75) is 11.8 Å². The molecule has 1 rings (SSSR count). The first-order chi connectivity index (χ1) is 6.67. The smallest absolute Gasteiger partial charge is 0.138 e. The maximum atomic E-state index is 10.3. The van der Waals surface area contributed by atoms with E-state index in [0.717, 1.165) is 5.56 Å². The number of hydrogen-bond donors (Lipinski definition) is 0. The summed E-state index contributed by atoms with van der Waals surface area (Å²) in [6.45, 7) is 0. The van der Waals surface area contributed by atoms with Gasteiger partial charge in [-0.25, -0.2) is 0 Å². The molecule has 0 aliphatic rings. The van der Waals surface area contributed by atoms with Crippen LogP contribution in [0, 0.1) is 0 Å². The molecule has 0 aliphatic heterocycles. The van der Waals surface area contributed by atoms with E-state index < -0.39 is 5.38 Å². The molecular weight excluding hydrogens is 223 g/mol. The maximum Gasteiger partial charge on any atom is 0.138 e. The van der Waals surface area contributed by atoms with E-state index in [1.165, 1.54) is 0 Å². The third-order valence-corrected chi connectivity index (χ3v) is 2.35. The van der Waals surface area contributed by atoms with E-state index in [2.05, 4.69) is 0 Å². The average Bonchev–Trinajstić information content (AvgIpc) is 2.18. The number of alkyl halides is 1. The number of aldehydes is 1. The van der Waals surface area contributed by atoms with Crippen LogP contribution in [0.25, 0.3) is 0 Å². The maximum absolute atomic E-state index is 10.3. The zero-order valence-electron chi connectivity index (χ0n) is 7.67. The van der Waals surface area contributed by atoms with Gasteiger partial charge in [0.2, 0.25) is 0 Å². The summed E-state index contributed by atoms with van der Waals surface area (Å²) in [4.78, 5) is 10.3. The molecule has 4 heteroatoms. The molecule has 0 N–H and O–H groups in total. The number of benzene rings is 1. The highest BCUT2D eigenvalue weighted by molar-refractivity contribution is 6.32. The van der Waals surface area contributed by atoms with E-state index in [1.54, 1.807) is 19.2 Å². The lowest BCUT2D eigenvalue weighted by Crippen LogP contribution is -2.04. The molecule has 76 valence electrons. The number of rotatable bonds is 4. The van der Waals surface area contributed by atoms with Gasteiger partial charge in [0.05, 0.1) is 17.5 Å². The Balaban J connectivity index is 2.80. The van der Waals surface area contributed by atoms with Crippen molar-refractivity contribution in [2.24, 2.45) is 0 Å². The Morgan fingerprint density at radius 3 is 2.79 bits per heavy atom. The first-order valence-corrected chi connectivity index (χ1v) is 4.90. The van der Waals surface area contributed by atoms with Crippen molar-refractivity contribution in [1.82, 2.24) is 0 Å². The molecule has 0 spiro atoms. The average molecular weight is 233 g/mol. The molecule has 2 nitrogen and oxygen atoms in total. The lowest BCUT2D eigenvalue weighted by molar-refractivity contribution is -0.107. The van der Waals surface area contributed by atoms with Gasteiger partial charge < -0.3 is 9.53 Å². The third-order valence-electron chi connectivity index (χ3n) is 1.79. The van der Waals surface area contributed by atoms with Crippen LogP contribution in [0.4, 0.5) is 0 Å². The summed E-state index contributed by atoms with van der Waals surface area (Å²) in [5.41, 5.74) is 0.919. The topological polar surface area (TPSA) is 26.3 Å². The van der Waals surface area contributed by atoms with Crippen molar-refractivity contribution in [3.63, 3.8) is 0 Å². The van der Waals surface area contributed by atoms with Crippen LogP contribution in [0.3, 0.4) is 0 Å². The SMILES string of the molecule is COc1ccc(CC(Cl)C=O)cc1Cl. The van der Waals surface area contributed by atoms with E-state index >= 15 is 0 Å². The van der Waals surface area contributed by atoms with E-state index in [9.17, 15) is 4.79 Å². The molecule has 0 heterocycles. The third kappa shape index (κ3) is 2.89. The molecule has 1 aromatic rings.